The fourth-order valence-electron chi connectivity index (χ4n) is 1.13. The second kappa shape index (κ2) is 4.98. The number of thioether (sulfide) groups is 1. The van der Waals surface area contributed by atoms with Crippen LogP contribution in [0.5, 0.6) is 0 Å². The molecule has 0 aliphatic carbocycles. The van der Waals surface area contributed by atoms with Gasteiger partial charge in [-0.15, -0.1) is 0 Å². The molecule has 1 aliphatic heterocycles. The molecule has 66 valence electrons. The lowest BCUT2D eigenvalue weighted by atomic mass is 10.3. The van der Waals surface area contributed by atoms with E-state index in [2.05, 4.69) is 5.32 Å². The number of hydrogen-bond acceptors (Lipinski definition) is 4. The SMILES string of the molecule is NCCCSC1CNCC1O. The maximum atomic E-state index is 9.37. The molecular formula is C7H16N2OS. The van der Waals surface area contributed by atoms with Crippen molar-refractivity contribution >= 4 is 11.8 Å². The van der Waals surface area contributed by atoms with E-state index in [0.29, 0.717) is 5.25 Å². The molecule has 1 aliphatic rings. The molecule has 0 aromatic heterocycles. The number of aliphatic hydroxyl groups excluding tert-OH is 1. The molecular weight excluding hydrogens is 160 g/mol. The Kier molecular flexibility index (Phi) is 4.22. The maximum Gasteiger partial charge on any atom is 0.0795 e. The van der Waals surface area contributed by atoms with Crippen molar-refractivity contribution in [2.45, 2.75) is 17.8 Å². The summed E-state index contributed by atoms with van der Waals surface area (Å²) in [6.07, 6.45) is 0.895. The lowest BCUT2D eigenvalue weighted by Crippen LogP contribution is -2.20. The zero-order chi connectivity index (χ0) is 8.10. The van der Waals surface area contributed by atoms with Gasteiger partial charge in [0.1, 0.15) is 0 Å². The Labute approximate surface area is 71.7 Å². The highest BCUT2D eigenvalue weighted by Crippen LogP contribution is 2.18. The van der Waals surface area contributed by atoms with Crippen LogP contribution in [0.15, 0.2) is 0 Å². The molecule has 1 rings (SSSR count). The number of nitrogens with one attached hydrogen (secondary N) is 1. The van der Waals surface area contributed by atoms with E-state index in [0.717, 1.165) is 31.8 Å². The Balaban J connectivity index is 2.05. The first-order valence-electron chi connectivity index (χ1n) is 4.05. The van der Waals surface area contributed by atoms with Gasteiger partial charge in [-0.25, -0.2) is 0 Å². The molecule has 0 aromatic rings. The molecule has 0 aromatic carbocycles. The summed E-state index contributed by atoms with van der Waals surface area (Å²) in [6.45, 7) is 2.44. The van der Waals surface area contributed by atoms with Gasteiger partial charge in [0.05, 0.1) is 6.10 Å². The molecule has 0 amide bonds. The molecule has 0 saturated carbocycles. The molecule has 0 radical (unpaired) electrons. The molecule has 1 heterocycles. The van der Waals surface area contributed by atoms with Crippen LogP contribution in [0.2, 0.25) is 0 Å². The van der Waals surface area contributed by atoms with Crippen LogP contribution in [0.4, 0.5) is 0 Å². The van der Waals surface area contributed by atoms with Crippen molar-refractivity contribution < 1.29 is 5.11 Å². The molecule has 11 heavy (non-hydrogen) atoms. The van der Waals surface area contributed by atoms with E-state index in [1.807, 2.05) is 11.8 Å². The van der Waals surface area contributed by atoms with Crippen molar-refractivity contribution in [3.8, 4) is 0 Å². The first kappa shape index (κ1) is 9.32. The van der Waals surface area contributed by atoms with Crippen LogP contribution >= 0.6 is 11.8 Å². The topological polar surface area (TPSA) is 58.3 Å². The van der Waals surface area contributed by atoms with Crippen LogP contribution in [-0.4, -0.2) is 41.8 Å². The Hall–Kier alpha value is 0.230. The van der Waals surface area contributed by atoms with Gasteiger partial charge in [0.2, 0.25) is 0 Å². The van der Waals surface area contributed by atoms with E-state index < -0.39 is 0 Å². The van der Waals surface area contributed by atoms with Crippen LogP contribution in [0.3, 0.4) is 0 Å². The van der Waals surface area contributed by atoms with Crippen molar-refractivity contribution in [3.63, 3.8) is 0 Å². The number of aliphatic hydroxyl groups is 1. The van der Waals surface area contributed by atoms with Crippen LogP contribution < -0.4 is 11.1 Å². The van der Waals surface area contributed by atoms with E-state index in [4.69, 9.17) is 5.73 Å². The second-order valence-corrected chi connectivity index (χ2v) is 4.12. The molecule has 3 nitrogen and oxygen atoms in total. The minimum absolute atomic E-state index is 0.155. The van der Waals surface area contributed by atoms with Crippen molar-refractivity contribution in [1.82, 2.24) is 5.32 Å². The Bertz CT molecular complexity index is 113. The monoisotopic (exact) mass is 176 g/mol. The molecule has 1 saturated heterocycles. The van der Waals surface area contributed by atoms with Gasteiger partial charge in [0.25, 0.3) is 0 Å². The van der Waals surface area contributed by atoms with Gasteiger partial charge in [0, 0.05) is 18.3 Å². The van der Waals surface area contributed by atoms with Gasteiger partial charge in [0.15, 0.2) is 0 Å². The van der Waals surface area contributed by atoms with E-state index in [1.165, 1.54) is 0 Å². The van der Waals surface area contributed by atoms with Crippen LogP contribution in [0.1, 0.15) is 6.42 Å². The summed E-state index contributed by atoms with van der Waals surface area (Å²) in [5.74, 6) is 1.07. The summed E-state index contributed by atoms with van der Waals surface area (Å²) in [5.41, 5.74) is 5.36. The molecule has 4 N–H and O–H groups in total. The van der Waals surface area contributed by atoms with Crippen LogP contribution in [-0.2, 0) is 0 Å². The molecule has 0 spiro atoms. The van der Waals surface area contributed by atoms with Crippen molar-refractivity contribution in [2.75, 3.05) is 25.4 Å². The third-order valence-electron chi connectivity index (χ3n) is 1.81. The van der Waals surface area contributed by atoms with Gasteiger partial charge in [-0.1, -0.05) is 0 Å². The average molecular weight is 176 g/mol. The fraction of sp³-hybridized carbons (Fsp3) is 1.00. The molecule has 0 bridgehead atoms. The minimum atomic E-state index is -0.155. The van der Waals surface area contributed by atoms with Crippen molar-refractivity contribution in [3.05, 3.63) is 0 Å². The molecule has 1 fully saturated rings. The lowest BCUT2D eigenvalue weighted by molar-refractivity contribution is 0.201. The summed E-state index contributed by atoms with van der Waals surface area (Å²) in [6, 6.07) is 0. The fourth-order valence-corrected chi connectivity index (χ4v) is 2.32. The van der Waals surface area contributed by atoms with Crippen molar-refractivity contribution in [2.24, 2.45) is 5.73 Å². The van der Waals surface area contributed by atoms with Gasteiger partial charge in [-0.05, 0) is 18.7 Å². The van der Waals surface area contributed by atoms with E-state index >= 15 is 0 Å². The first-order valence-corrected chi connectivity index (χ1v) is 5.10. The normalized spacial score (nSPS) is 31.1. The highest BCUT2D eigenvalue weighted by molar-refractivity contribution is 8.00. The van der Waals surface area contributed by atoms with Crippen LogP contribution in [0.25, 0.3) is 0 Å². The van der Waals surface area contributed by atoms with Gasteiger partial charge < -0.3 is 16.2 Å². The first-order chi connectivity index (χ1) is 5.34. The minimum Gasteiger partial charge on any atom is -0.391 e. The van der Waals surface area contributed by atoms with E-state index in [-0.39, 0.29) is 6.10 Å². The number of nitrogens with two attached hydrogens (primary N) is 1. The zero-order valence-corrected chi connectivity index (χ0v) is 7.44. The summed E-state index contributed by atoms with van der Waals surface area (Å²) < 4.78 is 0. The van der Waals surface area contributed by atoms with Crippen LogP contribution in [0, 0.1) is 0 Å². The Morgan fingerprint density at radius 3 is 2.91 bits per heavy atom. The summed E-state index contributed by atoms with van der Waals surface area (Å²) in [7, 11) is 0. The van der Waals surface area contributed by atoms with Gasteiger partial charge in [-0.3, -0.25) is 0 Å². The molecule has 2 atom stereocenters. The zero-order valence-electron chi connectivity index (χ0n) is 6.62. The smallest absolute Gasteiger partial charge is 0.0795 e. The number of β-amino-alcohol motifs (C(OH)–C–C–N with tert-alkyl or cyclic N) is 1. The number of rotatable bonds is 4. The predicted molar refractivity (Wildman–Crippen MR) is 48.8 cm³/mol. The van der Waals surface area contributed by atoms with Crippen molar-refractivity contribution in [1.29, 1.82) is 0 Å². The van der Waals surface area contributed by atoms with Gasteiger partial charge >= 0.3 is 0 Å². The van der Waals surface area contributed by atoms with E-state index in [1.54, 1.807) is 0 Å². The predicted octanol–water partition coefficient (Wildman–Crippen LogP) is -0.599. The standard InChI is InChI=1S/C7H16N2OS/c8-2-1-3-11-7-5-9-4-6(7)10/h6-7,9-10H,1-5,8H2. The quantitative estimate of drug-likeness (QED) is 0.501. The maximum absolute atomic E-state index is 9.37. The third-order valence-corrected chi connectivity index (χ3v) is 3.24. The highest BCUT2D eigenvalue weighted by Gasteiger charge is 2.24. The molecule has 2 unspecified atom stereocenters. The number of hydrogen-bond donors (Lipinski definition) is 3. The average Bonchev–Trinajstić information content (AvgIpc) is 2.37. The summed E-state index contributed by atoms with van der Waals surface area (Å²) >= 11 is 1.82. The summed E-state index contributed by atoms with van der Waals surface area (Å²) in [4.78, 5) is 0. The Morgan fingerprint density at radius 1 is 1.55 bits per heavy atom. The van der Waals surface area contributed by atoms with E-state index in [9.17, 15) is 5.11 Å². The largest absolute Gasteiger partial charge is 0.391 e. The summed E-state index contributed by atoms with van der Waals surface area (Å²) in [5, 5.41) is 12.9. The lowest BCUT2D eigenvalue weighted by Gasteiger charge is -2.11. The highest BCUT2D eigenvalue weighted by atomic mass is 32.2. The second-order valence-electron chi connectivity index (χ2n) is 2.78. The Morgan fingerprint density at radius 2 is 2.36 bits per heavy atom. The third kappa shape index (κ3) is 2.99. The van der Waals surface area contributed by atoms with Gasteiger partial charge in [-0.2, -0.15) is 11.8 Å². The molecule has 4 heteroatoms.